The quantitative estimate of drug-likeness (QED) is 0.839. The predicted molar refractivity (Wildman–Crippen MR) is 75.3 cm³/mol. The maximum absolute atomic E-state index is 12.8. The fraction of sp³-hybridized carbons (Fsp3) is 0.385. The summed E-state index contributed by atoms with van der Waals surface area (Å²) in [6, 6.07) is 4.76. The van der Waals surface area contributed by atoms with Crippen molar-refractivity contribution in [2.24, 2.45) is 11.1 Å². The number of benzene rings is 1. The van der Waals surface area contributed by atoms with Crippen LogP contribution < -0.4 is 11.1 Å². The van der Waals surface area contributed by atoms with Crippen LogP contribution >= 0.6 is 12.2 Å². The van der Waals surface area contributed by atoms with Gasteiger partial charge in [-0.25, -0.2) is 0 Å². The Bertz CT molecular complexity index is 531. The summed E-state index contributed by atoms with van der Waals surface area (Å²) < 4.78 is 38.5. The van der Waals surface area contributed by atoms with Crippen molar-refractivity contribution in [2.75, 3.05) is 5.32 Å². The van der Waals surface area contributed by atoms with Crippen molar-refractivity contribution in [3.8, 4) is 0 Å². The van der Waals surface area contributed by atoms with Crippen LogP contribution in [0.25, 0.3) is 0 Å². The molecule has 110 valence electrons. The molecule has 0 fully saturated rings. The molecule has 1 amide bonds. The molecular formula is C13H15F3N2OS. The van der Waals surface area contributed by atoms with E-state index >= 15 is 0 Å². The average Bonchev–Trinajstić information content (AvgIpc) is 2.36. The lowest BCUT2D eigenvalue weighted by atomic mass is 9.86. The van der Waals surface area contributed by atoms with Gasteiger partial charge in [-0.2, -0.15) is 13.2 Å². The van der Waals surface area contributed by atoms with Crippen molar-refractivity contribution in [3.05, 3.63) is 29.8 Å². The Morgan fingerprint density at radius 2 is 1.90 bits per heavy atom. The molecule has 0 aliphatic carbocycles. The van der Waals surface area contributed by atoms with Gasteiger partial charge in [0, 0.05) is 0 Å². The van der Waals surface area contributed by atoms with Gasteiger partial charge in [0.25, 0.3) is 0 Å². The number of rotatable bonds is 4. The van der Waals surface area contributed by atoms with Gasteiger partial charge >= 0.3 is 6.18 Å². The molecule has 1 atom stereocenters. The van der Waals surface area contributed by atoms with Gasteiger partial charge in [-0.15, -0.1) is 0 Å². The number of halogens is 3. The summed E-state index contributed by atoms with van der Waals surface area (Å²) in [6.07, 6.45) is -4.25. The minimum atomic E-state index is -4.55. The smallest absolute Gasteiger partial charge is 0.392 e. The van der Waals surface area contributed by atoms with E-state index in [0.29, 0.717) is 6.42 Å². The number of nitrogens with two attached hydrogens (primary N) is 1. The Hall–Kier alpha value is -1.63. The molecule has 0 aliphatic heterocycles. The molecule has 3 nitrogen and oxygen atoms in total. The number of hydrogen-bond donors (Lipinski definition) is 2. The highest BCUT2D eigenvalue weighted by atomic mass is 32.1. The Kier molecular flexibility index (Phi) is 4.75. The number of alkyl halides is 3. The summed E-state index contributed by atoms with van der Waals surface area (Å²) in [4.78, 5) is 12.1. The molecule has 1 aromatic rings. The van der Waals surface area contributed by atoms with Gasteiger partial charge in [-0.3, -0.25) is 4.79 Å². The average molecular weight is 304 g/mol. The Balaban J connectivity index is 3.12. The van der Waals surface area contributed by atoms with Crippen LogP contribution in [0.4, 0.5) is 18.9 Å². The lowest BCUT2D eigenvalue weighted by Gasteiger charge is -2.26. The molecule has 3 N–H and O–H groups in total. The minimum absolute atomic E-state index is 0.0537. The van der Waals surface area contributed by atoms with Gasteiger partial charge in [0.05, 0.1) is 21.7 Å². The number of hydrogen-bond acceptors (Lipinski definition) is 2. The minimum Gasteiger partial charge on any atom is -0.392 e. The van der Waals surface area contributed by atoms with E-state index in [1.807, 2.05) is 0 Å². The van der Waals surface area contributed by atoms with Gasteiger partial charge in [0.1, 0.15) is 0 Å². The maximum Gasteiger partial charge on any atom is 0.418 e. The zero-order chi connectivity index (χ0) is 15.6. The zero-order valence-electron chi connectivity index (χ0n) is 11.0. The maximum atomic E-state index is 12.8. The number of anilines is 1. The van der Waals surface area contributed by atoms with Crippen molar-refractivity contribution in [2.45, 2.75) is 26.4 Å². The molecule has 0 saturated heterocycles. The summed E-state index contributed by atoms with van der Waals surface area (Å²) in [5.41, 5.74) is 3.11. The first-order chi connectivity index (χ1) is 9.13. The van der Waals surface area contributed by atoms with Crippen LogP contribution in [0.3, 0.4) is 0 Å². The number of para-hydroxylation sites is 1. The summed E-state index contributed by atoms with van der Waals surface area (Å²) in [7, 11) is 0. The molecule has 1 aromatic carbocycles. The Labute approximate surface area is 120 Å². The van der Waals surface area contributed by atoms with E-state index in [4.69, 9.17) is 18.0 Å². The molecule has 1 rings (SSSR count). The molecule has 7 heteroatoms. The number of nitrogens with one attached hydrogen (secondary N) is 1. The number of amides is 1. The first-order valence-electron chi connectivity index (χ1n) is 5.90. The van der Waals surface area contributed by atoms with E-state index < -0.39 is 23.1 Å². The van der Waals surface area contributed by atoms with Crippen LogP contribution in [-0.4, -0.2) is 10.9 Å². The third-order valence-electron chi connectivity index (χ3n) is 3.23. The van der Waals surface area contributed by atoms with Gasteiger partial charge in [0.15, 0.2) is 0 Å². The fourth-order valence-corrected chi connectivity index (χ4v) is 1.78. The van der Waals surface area contributed by atoms with Crippen molar-refractivity contribution in [1.29, 1.82) is 0 Å². The second kappa shape index (κ2) is 5.78. The monoisotopic (exact) mass is 304 g/mol. The molecule has 0 bridgehead atoms. The fourth-order valence-electron chi connectivity index (χ4n) is 1.55. The second-order valence-electron chi connectivity index (χ2n) is 4.55. The van der Waals surface area contributed by atoms with Crippen molar-refractivity contribution >= 4 is 28.8 Å². The highest BCUT2D eigenvalue weighted by molar-refractivity contribution is 7.80. The van der Waals surface area contributed by atoms with E-state index in [1.54, 1.807) is 6.92 Å². The van der Waals surface area contributed by atoms with Gasteiger partial charge in [0.2, 0.25) is 5.91 Å². The second-order valence-corrected chi connectivity index (χ2v) is 4.99. The molecule has 0 radical (unpaired) electrons. The van der Waals surface area contributed by atoms with E-state index in [1.165, 1.54) is 25.1 Å². The van der Waals surface area contributed by atoms with E-state index in [-0.39, 0.29) is 10.7 Å². The summed E-state index contributed by atoms with van der Waals surface area (Å²) in [5, 5.41) is 2.26. The van der Waals surface area contributed by atoms with Gasteiger partial charge in [-0.05, 0) is 25.5 Å². The standard InChI is InChI=1S/C13H15F3N2OS/c1-3-12(2,10(17)20)11(19)18-9-7-5-4-6-8(9)13(14,15)16/h4-7H,3H2,1-2H3,(H2,17,20)(H,18,19). The summed E-state index contributed by atoms with van der Waals surface area (Å²) in [6.45, 7) is 3.19. The normalized spacial score (nSPS) is 14.4. The Morgan fingerprint density at radius 1 is 1.35 bits per heavy atom. The highest BCUT2D eigenvalue weighted by Gasteiger charge is 2.37. The highest BCUT2D eigenvalue weighted by Crippen LogP contribution is 2.35. The lowest BCUT2D eigenvalue weighted by Crippen LogP contribution is -2.43. The Morgan fingerprint density at radius 3 is 2.35 bits per heavy atom. The van der Waals surface area contributed by atoms with Crippen LogP contribution in [-0.2, 0) is 11.0 Å². The SMILES string of the molecule is CCC(C)(C(=O)Nc1ccccc1C(F)(F)F)C(N)=S. The van der Waals surface area contributed by atoms with E-state index in [2.05, 4.69) is 5.32 Å². The third kappa shape index (κ3) is 3.27. The van der Waals surface area contributed by atoms with E-state index in [0.717, 1.165) is 6.07 Å². The molecule has 0 spiro atoms. The van der Waals surface area contributed by atoms with Crippen molar-refractivity contribution in [1.82, 2.24) is 0 Å². The van der Waals surface area contributed by atoms with Crippen molar-refractivity contribution < 1.29 is 18.0 Å². The topological polar surface area (TPSA) is 55.1 Å². The summed E-state index contributed by atoms with van der Waals surface area (Å²) in [5.74, 6) is -0.649. The molecule has 0 aromatic heterocycles. The molecule has 0 aliphatic rings. The predicted octanol–water partition coefficient (Wildman–Crippen LogP) is 3.35. The molecule has 1 unspecified atom stereocenters. The number of carbonyl (C=O) groups is 1. The van der Waals surface area contributed by atoms with E-state index in [9.17, 15) is 18.0 Å². The lowest BCUT2D eigenvalue weighted by molar-refractivity contribution is -0.137. The van der Waals surface area contributed by atoms with Gasteiger partial charge in [-0.1, -0.05) is 31.3 Å². The molecule has 20 heavy (non-hydrogen) atoms. The van der Waals surface area contributed by atoms with Crippen LogP contribution in [0.15, 0.2) is 24.3 Å². The first kappa shape index (κ1) is 16.4. The number of carbonyl (C=O) groups excluding carboxylic acids is 1. The van der Waals surface area contributed by atoms with Crippen LogP contribution in [0.2, 0.25) is 0 Å². The van der Waals surface area contributed by atoms with Crippen molar-refractivity contribution in [3.63, 3.8) is 0 Å². The molecular weight excluding hydrogens is 289 g/mol. The molecule has 0 saturated carbocycles. The number of thiocarbonyl (C=S) groups is 1. The van der Waals surface area contributed by atoms with Gasteiger partial charge < -0.3 is 11.1 Å². The van der Waals surface area contributed by atoms with Crippen LogP contribution in [0.1, 0.15) is 25.8 Å². The molecule has 0 heterocycles. The summed E-state index contributed by atoms with van der Waals surface area (Å²) >= 11 is 4.82. The van der Waals surface area contributed by atoms with Crippen LogP contribution in [0.5, 0.6) is 0 Å². The first-order valence-corrected chi connectivity index (χ1v) is 6.31. The van der Waals surface area contributed by atoms with Crippen LogP contribution in [0, 0.1) is 5.41 Å². The third-order valence-corrected chi connectivity index (χ3v) is 3.68. The zero-order valence-corrected chi connectivity index (χ0v) is 11.9. The largest absolute Gasteiger partial charge is 0.418 e.